The second kappa shape index (κ2) is 8.04. The van der Waals surface area contributed by atoms with Crippen LogP contribution < -0.4 is 0 Å². The Hall–Kier alpha value is -1.15. The van der Waals surface area contributed by atoms with Gasteiger partial charge in [0.15, 0.2) is 5.75 Å². The third-order valence-electron chi connectivity index (χ3n) is 2.02. The zero-order chi connectivity index (χ0) is 14.2. The molecular formula is C10H19NO6S. The Morgan fingerprint density at radius 2 is 1.56 bits per heavy atom. The Morgan fingerprint density at radius 1 is 1.06 bits per heavy atom. The van der Waals surface area contributed by atoms with Crippen LogP contribution in [0.15, 0.2) is 0 Å². The molecule has 0 atom stereocenters. The zero-order valence-corrected chi connectivity index (χ0v) is 11.7. The predicted octanol–water partition coefficient (Wildman–Crippen LogP) is -0.236. The van der Waals surface area contributed by atoms with Crippen molar-refractivity contribution in [1.29, 1.82) is 0 Å². The smallest absolute Gasteiger partial charge is 0.322 e. The van der Waals surface area contributed by atoms with Gasteiger partial charge in [-0.2, -0.15) is 0 Å². The van der Waals surface area contributed by atoms with Gasteiger partial charge in [-0.05, 0) is 13.8 Å². The Kier molecular flexibility index (Phi) is 7.53. The van der Waals surface area contributed by atoms with Crippen molar-refractivity contribution in [2.75, 3.05) is 32.6 Å². The van der Waals surface area contributed by atoms with Crippen LogP contribution in [0.1, 0.15) is 20.3 Å². The van der Waals surface area contributed by atoms with E-state index in [1.807, 2.05) is 0 Å². The highest BCUT2D eigenvalue weighted by molar-refractivity contribution is 7.89. The summed E-state index contributed by atoms with van der Waals surface area (Å²) in [5, 5.41) is 0. The van der Waals surface area contributed by atoms with Crippen molar-refractivity contribution in [2.24, 2.45) is 0 Å². The van der Waals surface area contributed by atoms with Gasteiger partial charge in [0.1, 0.15) is 0 Å². The number of rotatable bonds is 8. The number of ether oxygens (including phenoxy) is 2. The van der Waals surface area contributed by atoms with E-state index in [0.717, 1.165) is 4.31 Å². The number of carbonyl (C=O) groups excluding carboxylic acids is 2. The normalized spacial score (nSPS) is 11.3. The maximum atomic E-state index is 11.7. The van der Waals surface area contributed by atoms with Crippen LogP contribution in [-0.2, 0) is 29.1 Å². The summed E-state index contributed by atoms with van der Waals surface area (Å²) < 4.78 is 33.5. The predicted molar refractivity (Wildman–Crippen MR) is 64.3 cm³/mol. The van der Waals surface area contributed by atoms with Crippen molar-refractivity contribution < 1.29 is 27.5 Å². The summed E-state index contributed by atoms with van der Waals surface area (Å²) >= 11 is 0. The Bertz CT molecular complexity index is 378. The van der Waals surface area contributed by atoms with E-state index in [2.05, 4.69) is 9.47 Å². The second-order valence-corrected chi connectivity index (χ2v) is 5.51. The molecule has 0 aromatic heterocycles. The lowest BCUT2D eigenvalue weighted by atomic mass is 10.4. The number of carbonyl (C=O) groups is 2. The molecule has 0 N–H and O–H groups in total. The summed E-state index contributed by atoms with van der Waals surface area (Å²) in [6.45, 7) is 3.60. The van der Waals surface area contributed by atoms with E-state index < -0.39 is 27.7 Å². The molecule has 106 valence electrons. The summed E-state index contributed by atoms with van der Waals surface area (Å²) in [5.74, 6) is -2.00. The molecule has 0 aliphatic carbocycles. The van der Waals surface area contributed by atoms with Crippen LogP contribution in [0.4, 0.5) is 0 Å². The maximum Gasteiger partial charge on any atom is 0.322 e. The van der Waals surface area contributed by atoms with E-state index in [4.69, 9.17) is 0 Å². The van der Waals surface area contributed by atoms with E-state index in [1.165, 1.54) is 7.05 Å². The minimum atomic E-state index is -3.74. The van der Waals surface area contributed by atoms with Crippen molar-refractivity contribution in [2.45, 2.75) is 20.3 Å². The summed E-state index contributed by atoms with van der Waals surface area (Å²) in [4.78, 5) is 22.1. The van der Waals surface area contributed by atoms with Gasteiger partial charge in [0, 0.05) is 13.6 Å². The molecule has 0 saturated carbocycles. The van der Waals surface area contributed by atoms with Crippen LogP contribution in [0.3, 0.4) is 0 Å². The molecule has 0 aromatic rings. The molecule has 0 bridgehead atoms. The van der Waals surface area contributed by atoms with Gasteiger partial charge in [-0.15, -0.1) is 0 Å². The van der Waals surface area contributed by atoms with Crippen LogP contribution in [0.25, 0.3) is 0 Å². The molecule has 18 heavy (non-hydrogen) atoms. The largest absolute Gasteiger partial charge is 0.466 e. The lowest BCUT2D eigenvalue weighted by molar-refractivity contribution is -0.143. The lowest BCUT2D eigenvalue weighted by Crippen LogP contribution is -2.34. The highest BCUT2D eigenvalue weighted by atomic mass is 32.2. The molecule has 0 radical (unpaired) electrons. The summed E-state index contributed by atoms with van der Waals surface area (Å²) in [5.41, 5.74) is 0. The fraction of sp³-hybridized carbons (Fsp3) is 0.800. The van der Waals surface area contributed by atoms with E-state index in [9.17, 15) is 18.0 Å². The highest BCUT2D eigenvalue weighted by Crippen LogP contribution is 2.01. The van der Waals surface area contributed by atoms with Gasteiger partial charge in [-0.25, -0.2) is 12.7 Å². The third kappa shape index (κ3) is 6.55. The topological polar surface area (TPSA) is 90.0 Å². The van der Waals surface area contributed by atoms with Crippen LogP contribution in [0.5, 0.6) is 0 Å². The SMILES string of the molecule is CCOC(=O)CCN(C)S(=O)(=O)CC(=O)OCC. The Morgan fingerprint density at radius 3 is 2.06 bits per heavy atom. The first-order chi connectivity index (χ1) is 8.33. The van der Waals surface area contributed by atoms with Gasteiger partial charge < -0.3 is 9.47 Å². The lowest BCUT2D eigenvalue weighted by Gasteiger charge is -2.15. The van der Waals surface area contributed by atoms with Gasteiger partial charge in [-0.3, -0.25) is 9.59 Å². The summed E-state index contributed by atoms with van der Waals surface area (Å²) in [6.07, 6.45) is -0.0492. The number of hydrogen-bond donors (Lipinski definition) is 0. The quantitative estimate of drug-likeness (QED) is 0.571. The van der Waals surface area contributed by atoms with Crippen molar-refractivity contribution in [1.82, 2.24) is 4.31 Å². The molecule has 0 spiro atoms. The minimum Gasteiger partial charge on any atom is -0.466 e. The maximum absolute atomic E-state index is 11.7. The fourth-order valence-electron chi connectivity index (χ4n) is 1.08. The van der Waals surface area contributed by atoms with Crippen molar-refractivity contribution in [3.63, 3.8) is 0 Å². The van der Waals surface area contributed by atoms with E-state index in [1.54, 1.807) is 13.8 Å². The summed E-state index contributed by atoms with van der Waals surface area (Å²) in [6, 6.07) is 0. The molecule has 0 rings (SSSR count). The molecule has 0 aliphatic rings. The van der Waals surface area contributed by atoms with E-state index in [0.29, 0.717) is 0 Å². The monoisotopic (exact) mass is 281 g/mol. The Labute approximate surface area is 107 Å². The molecule has 0 fully saturated rings. The Balaban J connectivity index is 4.26. The molecule has 0 saturated heterocycles. The number of nitrogens with zero attached hydrogens (tertiary/aromatic N) is 1. The van der Waals surface area contributed by atoms with Crippen LogP contribution in [-0.4, -0.2) is 57.2 Å². The van der Waals surface area contributed by atoms with Gasteiger partial charge in [0.2, 0.25) is 10.0 Å². The van der Waals surface area contributed by atoms with Gasteiger partial charge in [-0.1, -0.05) is 0 Å². The van der Waals surface area contributed by atoms with Crippen LogP contribution in [0, 0.1) is 0 Å². The molecule has 8 heteroatoms. The first-order valence-corrected chi connectivity index (χ1v) is 7.19. The van der Waals surface area contributed by atoms with Crippen molar-refractivity contribution >= 4 is 22.0 Å². The summed E-state index contributed by atoms with van der Waals surface area (Å²) in [7, 11) is -2.44. The average Bonchev–Trinajstić information content (AvgIpc) is 2.25. The molecule has 7 nitrogen and oxygen atoms in total. The van der Waals surface area contributed by atoms with Crippen LogP contribution in [0.2, 0.25) is 0 Å². The molecular weight excluding hydrogens is 262 g/mol. The molecule has 0 unspecified atom stereocenters. The standard InChI is InChI=1S/C10H19NO6S/c1-4-16-9(12)6-7-11(3)18(14,15)8-10(13)17-5-2/h4-8H2,1-3H3. The molecule has 0 aliphatic heterocycles. The fourth-order valence-corrected chi connectivity index (χ4v) is 2.05. The van der Waals surface area contributed by atoms with Crippen LogP contribution >= 0.6 is 0 Å². The van der Waals surface area contributed by atoms with Gasteiger partial charge in [0.05, 0.1) is 19.6 Å². The first kappa shape index (κ1) is 16.9. The number of hydrogen-bond acceptors (Lipinski definition) is 6. The molecule has 0 amide bonds. The molecule has 0 aromatic carbocycles. The van der Waals surface area contributed by atoms with Gasteiger partial charge >= 0.3 is 11.9 Å². The average molecular weight is 281 g/mol. The zero-order valence-electron chi connectivity index (χ0n) is 10.8. The number of sulfonamides is 1. The van der Waals surface area contributed by atoms with Gasteiger partial charge in [0.25, 0.3) is 0 Å². The van der Waals surface area contributed by atoms with Crippen molar-refractivity contribution in [3.8, 4) is 0 Å². The van der Waals surface area contributed by atoms with E-state index in [-0.39, 0.29) is 26.2 Å². The highest BCUT2D eigenvalue weighted by Gasteiger charge is 2.23. The third-order valence-corrected chi connectivity index (χ3v) is 3.75. The van der Waals surface area contributed by atoms with Crippen molar-refractivity contribution in [3.05, 3.63) is 0 Å². The first-order valence-electron chi connectivity index (χ1n) is 5.58. The molecule has 0 heterocycles. The minimum absolute atomic E-state index is 0.0272. The van der Waals surface area contributed by atoms with E-state index >= 15 is 0 Å². The second-order valence-electron chi connectivity index (χ2n) is 3.44. The number of esters is 2.